The molecule has 0 aromatic rings. The van der Waals surface area contributed by atoms with Crippen molar-refractivity contribution in [3.8, 4) is 0 Å². The molecule has 0 radical (unpaired) electrons. The van der Waals surface area contributed by atoms with Gasteiger partial charge in [-0.1, -0.05) is 0 Å². The third-order valence-electron chi connectivity index (χ3n) is 2.01. The summed E-state index contributed by atoms with van der Waals surface area (Å²) in [7, 11) is 0. The van der Waals surface area contributed by atoms with Crippen molar-refractivity contribution in [1.29, 1.82) is 0 Å². The highest BCUT2D eigenvalue weighted by Crippen LogP contribution is 2.35. The molecule has 1 spiro atoms. The lowest BCUT2D eigenvalue weighted by molar-refractivity contribution is 0.0355. The highest BCUT2D eigenvalue weighted by atomic mass is 127. The SMILES string of the molecule is IN1CC2(CNC2)C1. The van der Waals surface area contributed by atoms with Crippen LogP contribution < -0.4 is 5.32 Å². The van der Waals surface area contributed by atoms with Crippen molar-refractivity contribution in [3.05, 3.63) is 0 Å². The van der Waals surface area contributed by atoms with Crippen molar-refractivity contribution in [2.24, 2.45) is 5.41 Å². The lowest BCUT2D eigenvalue weighted by Gasteiger charge is -2.53. The summed E-state index contributed by atoms with van der Waals surface area (Å²) < 4.78 is 2.35. The fourth-order valence-corrected chi connectivity index (χ4v) is 2.83. The van der Waals surface area contributed by atoms with Gasteiger partial charge in [-0.15, -0.1) is 0 Å². The Hall–Kier alpha value is 0.650. The van der Waals surface area contributed by atoms with Gasteiger partial charge in [0.1, 0.15) is 0 Å². The van der Waals surface area contributed by atoms with Crippen LogP contribution in [0, 0.1) is 5.41 Å². The van der Waals surface area contributed by atoms with Gasteiger partial charge in [-0.2, -0.15) is 0 Å². The molecular weight excluding hydrogens is 215 g/mol. The maximum absolute atomic E-state index is 3.29. The van der Waals surface area contributed by atoms with Gasteiger partial charge in [0.2, 0.25) is 0 Å². The van der Waals surface area contributed by atoms with Crippen LogP contribution in [0.5, 0.6) is 0 Å². The van der Waals surface area contributed by atoms with Gasteiger partial charge < -0.3 is 5.32 Å². The van der Waals surface area contributed by atoms with Crippen molar-refractivity contribution >= 4 is 22.9 Å². The molecule has 46 valence electrons. The van der Waals surface area contributed by atoms with Crippen molar-refractivity contribution in [2.45, 2.75) is 0 Å². The summed E-state index contributed by atoms with van der Waals surface area (Å²) >= 11 is 2.38. The van der Waals surface area contributed by atoms with E-state index >= 15 is 0 Å². The molecule has 2 saturated heterocycles. The third-order valence-corrected chi connectivity index (χ3v) is 2.70. The van der Waals surface area contributed by atoms with E-state index in [1.807, 2.05) is 0 Å². The van der Waals surface area contributed by atoms with Crippen molar-refractivity contribution in [3.63, 3.8) is 0 Å². The number of halogens is 1. The molecule has 0 unspecified atom stereocenters. The van der Waals surface area contributed by atoms with E-state index in [0.717, 1.165) is 5.41 Å². The standard InChI is InChI=1S/C5H9IN2/c6-8-3-5(4-8)1-7-2-5/h7H,1-4H2. The first kappa shape index (κ1) is 5.44. The van der Waals surface area contributed by atoms with Crippen LogP contribution in [0.15, 0.2) is 0 Å². The zero-order valence-corrected chi connectivity index (χ0v) is 6.81. The van der Waals surface area contributed by atoms with Crippen LogP contribution in [-0.4, -0.2) is 29.3 Å². The van der Waals surface area contributed by atoms with Gasteiger partial charge in [0.15, 0.2) is 0 Å². The Kier molecular flexibility index (Phi) is 1.07. The van der Waals surface area contributed by atoms with E-state index < -0.39 is 0 Å². The van der Waals surface area contributed by atoms with E-state index in [0.29, 0.717) is 0 Å². The van der Waals surface area contributed by atoms with E-state index in [9.17, 15) is 0 Å². The summed E-state index contributed by atoms with van der Waals surface area (Å²) in [5.41, 5.74) is 0.723. The molecule has 3 heteroatoms. The molecule has 2 nitrogen and oxygen atoms in total. The minimum atomic E-state index is 0.723. The number of hydrogen-bond acceptors (Lipinski definition) is 2. The highest BCUT2D eigenvalue weighted by Gasteiger charge is 2.46. The first-order valence-corrected chi connectivity index (χ1v) is 3.89. The topological polar surface area (TPSA) is 15.3 Å². The summed E-state index contributed by atoms with van der Waals surface area (Å²) in [5, 5.41) is 3.29. The van der Waals surface area contributed by atoms with Gasteiger partial charge in [-0.05, 0) is 0 Å². The maximum atomic E-state index is 3.29. The molecule has 0 aromatic heterocycles. The first-order chi connectivity index (χ1) is 3.81. The maximum Gasteiger partial charge on any atom is 0.0223 e. The van der Waals surface area contributed by atoms with Gasteiger partial charge in [0, 0.05) is 54.5 Å². The molecule has 1 N–H and O–H groups in total. The van der Waals surface area contributed by atoms with Crippen molar-refractivity contribution in [2.75, 3.05) is 26.2 Å². The average Bonchev–Trinajstić information content (AvgIpc) is 1.51. The van der Waals surface area contributed by atoms with E-state index in [2.05, 4.69) is 31.3 Å². The predicted octanol–water partition coefficient (Wildman–Crippen LogP) is 0.242. The van der Waals surface area contributed by atoms with Gasteiger partial charge in [0.05, 0.1) is 0 Å². The predicted molar refractivity (Wildman–Crippen MR) is 40.9 cm³/mol. The molecule has 0 bridgehead atoms. The molecule has 2 rings (SSSR count). The molecule has 0 atom stereocenters. The average molecular weight is 224 g/mol. The van der Waals surface area contributed by atoms with Crippen molar-refractivity contribution < 1.29 is 0 Å². The fraction of sp³-hybridized carbons (Fsp3) is 1.00. The lowest BCUT2D eigenvalue weighted by atomic mass is 9.76. The second-order valence-electron chi connectivity index (χ2n) is 2.88. The van der Waals surface area contributed by atoms with E-state index in [1.54, 1.807) is 0 Å². The van der Waals surface area contributed by atoms with Crippen LogP contribution >= 0.6 is 22.9 Å². The lowest BCUT2D eigenvalue weighted by Crippen LogP contribution is -2.68. The van der Waals surface area contributed by atoms with E-state index in [1.165, 1.54) is 26.2 Å². The number of hydrogen-bond donors (Lipinski definition) is 1. The molecule has 2 aliphatic rings. The van der Waals surface area contributed by atoms with E-state index in [-0.39, 0.29) is 0 Å². The minimum absolute atomic E-state index is 0.723. The summed E-state index contributed by atoms with van der Waals surface area (Å²) in [5.74, 6) is 0. The highest BCUT2D eigenvalue weighted by molar-refractivity contribution is 14.1. The molecule has 0 aromatic carbocycles. The van der Waals surface area contributed by atoms with Crippen LogP contribution in [0.4, 0.5) is 0 Å². The van der Waals surface area contributed by atoms with Gasteiger partial charge in [0.25, 0.3) is 0 Å². The Morgan fingerprint density at radius 3 is 2.12 bits per heavy atom. The fourth-order valence-electron chi connectivity index (χ4n) is 1.38. The molecule has 2 fully saturated rings. The number of nitrogens with one attached hydrogen (secondary N) is 1. The molecule has 0 amide bonds. The second kappa shape index (κ2) is 1.58. The van der Waals surface area contributed by atoms with Gasteiger partial charge in [-0.3, -0.25) is 0 Å². The molecule has 8 heavy (non-hydrogen) atoms. The zero-order chi connectivity index (χ0) is 5.61. The third kappa shape index (κ3) is 0.610. The minimum Gasteiger partial charge on any atom is -0.315 e. The monoisotopic (exact) mass is 224 g/mol. The van der Waals surface area contributed by atoms with Crippen LogP contribution in [0.3, 0.4) is 0 Å². The Bertz CT molecular complexity index is 103. The summed E-state index contributed by atoms with van der Waals surface area (Å²) in [6.07, 6.45) is 0. The first-order valence-electron chi connectivity index (χ1n) is 2.92. The summed E-state index contributed by atoms with van der Waals surface area (Å²) in [6.45, 7) is 5.13. The van der Waals surface area contributed by atoms with Crippen LogP contribution in [0.1, 0.15) is 0 Å². The molecule has 2 heterocycles. The van der Waals surface area contributed by atoms with E-state index in [4.69, 9.17) is 0 Å². The molecule has 2 aliphatic heterocycles. The molecule has 0 aliphatic carbocycles. The molecule has 0 saturated carbocycles. The zero-order valence-electron chi connectivity index (χ0n) is 4.65. The molecular formula is C5H9IN2. The Labute approximate surface area is 63.1 Å². The number of nitrogens with zero attached hydrogens (tertiary/aromatic N) is 1. The Morgan fingerprint density at radius 2 is 2.00 bits per heavy atom. The van der Waals surface area contributed by atoms with Gasteiger partial charge in [-0.25, -0.2) is 3.11 Å². The second-order valence-corrected chi connectivity index (χ2v) is 4.25. The van der Waals surface area contributed by atoms with Crippen LogP contribution in [0.2, 0.25) is 0 Å². The van der Waals surface area contributed by atoms with Crippen LogP contribution in [-0.2, 0) is 0 Å². The Balaban J connectivity index is 1.92. The summed E-state index contributed by atoms with van der Waals surface area (Å²) in [6, 6.07) is 0. The Morgan fingerprint density at radius 1 is 1.38 bits per heavy atom. The largest absolute Gasteiger partial charge is 0.315 e. The van der Waals surface area contributed by atoms with Crippen LogP contribution in [0.25, 0.3) is 0 Å². The normalized spacial score (nSPS) is 34.1. The number of rotatable bonds is 0. The summed E-state index contributed by atoms with van der Waals surface area (Å²) in [4.78, 5) is 0. The van der Waals surface area contributed by atoms with Crippen molar-refractivity contribution in [1.82, 2.24) is 8.43 Å². The smallest absolute Gasteiger partial charge is 0.0223 e. The van der Waals surface area contributed by atoms with Gasteiger partial charge >= 0.3 is 0 Å². The quantitative estimate of drug-likeness (QED) is 0.468.